The third-order valence-electron chi connectivity index (χ3n) is 11.4. The fraction of sp³-hybridized carbons (Fsp3) is 0.719. The summed E-state index contributed by atoms with van der Waals surface area (Å²) in [5, 5.41) is 23.6. The van der Waals surface area contributed by atoms with Crippen LogP contribution in [0.4, 0.5) is 22.0 Å². The Labute approximate surface area is 242 Å². The van der Waals surface area contributed by atoms with Gasteiger partial charge in [0.05, 0.1) is 18.8 Å². The number of aldehydes is 1. The highest BCUT2D eigenvalue weighted by atomic mass is 19.4. The van der Waals surface area contributed by atoms with Crippen LogP contribution in [0.1, 0.15) is 94.0 Å². The normalized spacial score (nSPS) is 39.4. The Bertz CT molecular complexity index is 1280. The van der Waals surface area contributed by atoms with Gasteiger partial charge in [-0.05, 0) is 61.5 Å². The molecule has 5 nitrogen and oxygen atoms in total. The first-order chi connectivity index (χ1) is 19.4. The number of halogens is 5. The summed E-state index contributed by atoms with van der Waals surface area (Å²) < 4.78 is 84.2. The molecule has 1 spiro atoms. The summed E-state index contributed by atoms with van der Waals surface area (Å²) in [5.41, 5.74) is -3.71. The lowest BCUT2D eigenvalue weighted by molar-refractivity contribution is -0.362. The molecule has 5 aliphatic rings. The van der Waals surface area contributed by atoms with Crippen molar-refractivity contribution in [2.45, 2.75) is 107 Å². The molecule has 1 aliphatic heterocycles. The number of hydrogen-bond donors (Lipinski definition) is 2. The van der Waals surface area contributed by atoms with Crippen LogP contribution in [0.2, 0.25) is 0 Å². The van der Waals surface area contributed by atoms with E-state index in [-0.39, 0.29) is 30.6 Å². The summed E-state index contributed by atoms with van der Waals surface area (Å²) >= 11 is 0. The van der Waals surface area contributed by atoms with E-state index in [4.69, 9.17) is 9.47 Å². The maximum Gasteiger partial charge on any atom is 0.456 e. The number of benzene rings is 1. The van der Waals surface area contributed by atoms with Gasteiger partial charge >= 0.3 is 12.1 Å². The van der Waals surface area contributed by atoms with Crippen LogP contribution in [-0.4, -0.2) is 58.8 Å². The Morgan fingerprint density at radius 1 is 0.929 bits per heavy atom. The lowest BCUT2D eigenvalue weighted by atomic mass is 9.49. The Hall–Kier alpha value is -1.88. The Morgan fingerprint density at radius 2 is 1.57 bits per heavy atom. The number of hydrogen-bond acceptors (Lipinski definition) is 5. The Kier molecular flexibility index (Phi) is 6.69. The van der Waals surface area contributed by atoms with Crippen molar-refractivity contribution in [1.82, 2.24) is 0 Å². The molecular weight excluding hydrogens is 559 g/mol. The number of ether oxygens (including phenoxy) is 2. The Morgan fingerprint density at radius 3 is 2.17 bits per heavy atom. The van der Waals surface area contributed by atoms with Crippen LogP contribution in [0.5, 0.6) is 0 Å². The fourth-order valence-electron chi connectivity index (χ4n) is 9.11. The molecule has 6 atom stereocenters. The van der Waals surface area contributed by atoms with E-state index in [1.165, 1.54) is 6.92 Å². The molecule has 0 amide bonds. The zero-order valence-electron chi connectivity index (χ0n) is 24.2. The van der Waals surface area contributed by atoms with Crippen molar-refractivity contribution in [3.63, 3.8) is 0 Å². The van der Waals surface area contributed by atoms with Crippen LogP contribution in [-0.2, 0) is 9.47 Å². The molecule has 4 fully saturated rings. The van der Waals surface area contributed by atoms with E-state index in [2.05, 4.69) is 0 Å². The summed E-state index contributed by atoms with van der Waals surface area (Å²) in [6.07, 6.45) is -4.17. The van der Waals surface area contributed by atoms with E-state index < -0.39 is 52.8 Å². The molecule has 10 heteroatoms. The molecule has 1 saturated heterocycles. The fourth-order valence-corrected chi connectivity index (χ4v) is 9.11. The molecule has 1 aromatic rings. The van der Waals surface area contributed by atoms with Gasteiger partial charge in [0, 0.05) is 35.2 Å². The zero-order valence-corrected chi connectivity index (χ0v) is 24.2. The molecule has 3 unspecified atom stereocenters. The highest BCUT2D eigenvalue weighted by molar-refractivity contribution is 5.74. The maximum atomic E-state index is 15.2. The number of rotatable bonds is 3. The van der Waals surface area contributed by atoms with Crippen LogP contribution in [0, 0.1) is 22.7 Å². The first-order valence-corrected chi connectivity index (χ1v) is 14.9. The predicted molar refractivity (Wildman–Crippen MR) is 143 cm³/mol. The van der Waals surface area contributed by atoms with E-state index in [1.54, 1.807) is 24.3 Å². The van der Waals surface area contributed by atoms with E-state index in [9.17, 15) is 28.2 Å². The lowest BCUT2D eigenvalue weighted by Gasteiger charge is -2.59. The highest BCUT2D eigenvalue weighted by Gasteiger charge is 2.79. The number of carbonyl (C=O) groups excluding carboxylic acids is 1. The molecule has 0 radical (unpaired) electrons. The van der Waals surface area contributed by atoms with Gasteiger partial charge in [0.2, 0.25) is 0 Å². The quantitative estimate of drug-likeness (QED) is 0.230. The number of allylic oxidation sites excluding steroid dienone is 1. The predicted octanol–water partition coefficient (Wildman–Crippen LogP) is 6.72. The second-order valence-electron chi connectivity index (χ2n) is 14.5. The topological polar surface area (TPSA) is 76.0 Å². The minimum atomic E-state index is -5.90. The smallest absolute Gasteiger partial charge is 0.385 e. The number of fused-ring (bicyclic) bond motifs is 4. The molecule has 4 aliphatic carbocycles. The summed E-state index contributed by atoms with van der Waals surface area (Å²) in [7, 11) is 0. The van der Waals surface area contributed by atoms with Gasteiger partial charge in [-0.15, -0.1) is 0 Å². The molecule has 3 saturated carbocycles. The molecule has 1 aromatic carbocycles. The van der Waals surface area contributed by atoms with E-state index in [0.717, 1.165) is 11.1 Å². The maximum absolute atomic E-state index is 15.2. The highest BCUT2D eigenvalue weighted by Crippen LogP contribution is 2.71. The van der Waals surface area contributed by atoms with Gasteiger partial charge in [-0.25, -0.2) is 0 Å². The van der Waals surface area contributed by atoms with Crippen molar-refractivity contribution in [3.8, 4) is 0 Å². The van der Waals surface area contributed by atoms with Gasteiger partial charge in [-0.3, -0.25) is 4.79 Å². The average molecular weight is 599 g/mol. The molecule has 0 bridgehead atoms. The minimum absolute atomic E-state index is 0.0284. The van der Waals surface area contributed by atoms with Crippen LogP contribution < -0.4 is 0 Å². The van der Waals surface area contributed by atoms with Gasteiger partial charge in [0.25, 0.3) is 0 Å². The SMILES string of the molecule is CC1(C)COC2(CCC3=C4C(CCC3(O)C2)C2CC[C@@](O)(C(F)(F)C(F)(F)F)[C@@]2(C)C[C@@H]4c2ccc(C=O)cc2)OC1. The summed E-state index contributed by atoms with van der Waals surface area (Å²) in [6, 6.07) is 6.59. The molecular formula is C32H39F5O5. The van der Waals surface area contributed by atoms with Gasteiger partial charge in [-0.1, -0.05) is 50.6 Å². The van der Waals surface area contributed by atoms with Crippen molar-refractivity contribution < 1.29 is 46.4 Å². The summed E-state index contributed by atoms with van der Waals surface area (Å²) in [6.45, 7) is 6.44. The number of alkyl halides is 5. The second kappa shape index (κ2) is 9.31. The van der Waals surface area contributed by atoms with Crippen LogP contribution in [0.3, 0.4) is 0 Å². The third-order valence-corrected chi connectivity index (χ3v) is 11.4. The van der Waals surface area contributed by atoms with Crippen LogP contribution >= 0.6 is 0 Å². The van der Waals surface area contributed by atoms with Crippen LogP contribution in [0.15, 0.2) is 35.4 Å². The van der Waals surface area contributed by atoms with E-state index >= 15 is 8.78 Å². The van der Waals surface area contributed by atoms with E-state index in [0.29, 0.717) is 56.3 Å². The van der Waals surface area contributed by atoms with Gasteiger partial charge in [0.1, 0.15) is 11.9 Å². The molecule has 232 valence electrons. The third kappa shape index (κ3) is 4.18. The average Bonchev–Trinajstić information content (AvgIpc) is 3.20. The standard InChI is InChI=1S/C32H39F5O5/c1-26(2)17-41-29(42-18-26)12-9-24-25-21(8-11-28(24,39)16-29)23-10-13-30(40,31(33,34)32(35,36)37)27(23,3)14-22(25)20-6-4-19(15-38)5-7-20/h4-7,15,21-23,39-40H,8-14,16-18H2,1-3H3/t21?,22-,23?,27+,28?,30+/m1/s1. The monoisotopic (exact) mass is 598 g/mol. The largest absolute Gasteiger partial charge is 0.456 e. The van der Waals surface area contributed by atoms with Gasteiger partial charge in [-0.2, -0.15) is 22.0 Å². The second-order valence-corrected chi connectivity index (χ2v) is 14.5. The lowest BCUT2D eigenvalue weighted by Crippen LogP contribution is -2.65. The Balaban J connectivity index is 1.46. The molecule has 42 heavy (non-hydrogen) atoms. The zero-order chi connectivity index (χ0) is 30.6. The van der Waals surface area contributed by atoms with E-state index in [1.807, 2.05) is 13.8 Å². The van der Waals surface area contributed by atoms with Crippen LogP contribution in [0.25, 0.3) is 0 Å². The summed E-state index contributed by atoms with van der Waals surface area (Å²) in [4.78, 5) is 11.3. The minimum Gasteiger partial charge on any atom is -0.385 e. The van der Waals surface area contributed by atoms with Crippen molar-refractivity contribution in [2.75, 3.05) is 13.2 Å². The molecule has 2 N–H and O–H groups in total. The number of aliphatic hydroxyl groups is 2. The number of carbonyl (C=O) groups is 1. The van der Waals surface area contributed by atoms with Gasteiger partial charge in [0.15, 0.2) is 5.79 Å². The first-order valence-electron chi connectivity index (χ1n) is 14.9. The van der Waals surface area contributed by atoms with Crippen molar-refractivity contribution in [3.05, 3.63) is 46.5 Å². The molecule has 0 aromatic heterocycles. The van der Waals surface area contributed by atoms with Gasteiger partial charge < -0.3 is 19.7 Å². The van der Waals surface area contributed by atoms with Crippen molar-refractivity contribution >= 4 is 6.29 Å². The van der Waals surface area contributed by atoms with Crippen molar-refractivity contribution in [2.24, 2.45) is 22.7 Å². The molecule has 6 rings (SSSR count). The first kappa shape index (κ1) is 30.2. The van der Waals surface area contributed by atoms with Crippen molar-refractivity contribution in [1.29, 1.82) is 0 Å². The summed E-state index contributed by atoms with van der Waals surface area (Å²) in [5.74, 6) is -7.85. The molecule has 1 heterocycles.